The molecule has 5 heteroatoms. The van der Waals surface area contributed by atoms with Gasteiger partial charge in [-0.15, -0.1) is 0 Å². The molecule has 2 amide bonds. The predicted molar refractivity (Wildman–Crippen MR) is 77.6 cm³/mol. The normalized spacial score (nSPS) is 10.3. The molecule has 0 saturated carbocycles. The number of hydrogen-bond acceptors (Lipinski definition) is 3. The standard InChI is InChI=1S/C16H12N2O3/c19-15(17-18-16(20)14-6-3-9-21-14)13-8-7-11-4-1-2-5-12(11)10-13/h1-10H,(H,17,19)(H,18,20). The van der Waals surface area contributed by atoms with Gasteiger partial charge < -0.3 is 4.42 Å². The molecular formula is C16H12N2O3. The van der Waals surface area contributed by atoms with Gasteiger partial charge in [-0.2, -0.15) is 0 Å². The minimum absolute atomic E-state index is 0.133. The maximum atomic E-state index is 12.0. The average Bonchev–Trinajstić information content (AvgIpc) is 3.06. The van der Waals surface area contributed by atoms with Crippen LogP contribution in [0.3, 0.4) is 0 Å². The number of benzene rings is 2. The number of rotatable bonds is 2. The Hall–Kier alpha value is -3.08. The van der Waals surface area contributed by atoms with E-state index < -0.39 is 5.91 Å². The lowest BCUT2D eigenvalue weighted by atomic mass is 10.1. The quantitative estimate of drug-likeness (QED) is 0.708. The summed E-state index contributed by atoms with van der Waals surface area (Å²) in [7, 11) is 0. The minimum atomic E-state index is -0.505. The van der Waals surface area contributed by atoms with E-state index in [1.54, 1.807) is 18.2 Å². The number of furan rings is 1. The second kappa shape index (κ2) is 5.50. The van der Waals surface area contributed by atoms with Gasteiger partial charge in [-0.05, 0) is 35.0 Å². The summed E-state index contributed by atoms with van der Waals surface area (Å²) in [5, 5.41) is 2.01. The van der Waals surface area contributed by atoms with E-state index in [2.05, 4.69) is 10.9 Å². The molecule has 3 rings (SSSR count). The largest absolute Gasteiger partial charge is 0.459 e. The van der Waals surface area contributed by atoms with Crippen molar-refractivity contribution >= 4 is 22.6 Å². The third-order valence-corrected chi connectivity index (χ3v) is 3.05. The lowest BCUT2D eigenvalue weighted by Crippen LogP contribution is -2.41. The molecule has 21 heavy (non-hydrogen) atoms. The van der Waals surface area contributed by atoms with Crippen molar-refractivity contribution in [2.45, 2.75) is 0 Å². The number of carbonyl (C=O) groups excluding carboxylic acids is 2. The van der Waals surface area contributed by atoms with E-state index in [4.69, 9.17) is 4.42 Å². The van der Waals surface area contributed by atoms with Crippen molar-refractivity contribution in [2.24, 2.45) is 0 Å². The molecule has 0 aliphatic carbocycles. The molecule has 0 atom stereocenters. The lowest BCUT2D eigenvalue weighted by molar-refractivity contribution is 0.0831. The van der Waals surface area contributed by atoms with Crippen LogP contribution in [0.25, 0.3) is 10.8 Å². The molecule has 0 unspecified atom stereocenters. The van der Waals surface area contributed by atoms with Crippen molar-refractivity contribution in [3.05, 3.63) is 72.2 Å². The smallest absolute Gasteiger partial charge is 0.305 e. The Bertz CT molecular complexity index is 794. The Morgan fingerprint density at radius 2 is 1.57 bits per heavy atom. The van der Waals surface area contributed by atoms with Crippen LogP contribution in [0, 0.1) is 0 Å². The van der Waals surface area contributed by atoms with Crippen molar-refractivity contribution in [2.75, 3.05) is 0 Å². The number of nitrogens with one attached hydrogen (secondary N) is 2. The highest BCUT2D eigenvalue weighted by molar-refractivity contribution is 6.00. The van der Waals surface area contributed by atoms with E-state index >= 15 is 0 Å². The van der Waals surface area contributed by atoms with Gasteiger partial charge in [-0.1, -0.05) is 30.3 Å². The molecule has 0 saturated heterocycles. The molecule has 0 spiro atoms. The fraction of sp³-hybridized carbons (Fsp3) is 0. The Morgan fingerprint density at radius 3 is 2.33 bits per heavy atom. The first-order chi connectivity index (χ1) is 10.2. The maximum absolute atomic E-state index is 12.0. The van der Waals surface area contributed by atoms with Crippen molar-refractivity contribution in [3.8, 4) is 0 Å². The van der Waals surface area contributed by atoms with Crippen LogP contribution in [0.5, 0.6) is 0 Å². The number of amides is 2. The van der Waals surface area contributed by atoms with Gasteiger partial charge in [0.1, 0.15) is 0 Å². The molecule has 2 aromatic carbocycles. The second-order valence-corrected chi connectivity index (χ2v) is 4.45. The van der Waals surface area contributed by atoms with Gasteiger partial charge in [0.05, 0.1) is 6.26 Å². The van der Waals surface area contributed by atoms with Crippen LogP contribution in [-0.4, -0.2) is 11.8 Å². The Morgan fingerprint density at radius 1 is 0.810 bits per heavy atom. The van der Waals surface area contributed by atoms with Crippen molar-refractivity contribution in [3.63, 3.8) is 0 Å². The fourth-order valence-electron chi connectivity index (χ4n) is 1.99. The predicted octanol–water partition coefficient (Wildman–Crippen LogP) is 2.51. The zero-order chi connectivity index (χ0) is 14.7. The Balaban J connectivity index is 1.70. The minimum Gasteiger partial charge on any atom is -0.459 e. The van der Waals surface area contributed by atoms with E-state index in [9.17, 15) is 9.59 Å². The first-order valence-corrected chi connectivity index (χ1v) is 6.37. The van der Waals surface area contributed by atoms with Gasteiger partial charge in [0.25, 0.3) is 5.91 Å². The number of fused-ring (bicyclic) bond motifs is 1. The van der Waals surface area contributed by atoms with Crippen LogP contribution in [0.2, 0.25) is 0 Å². The number of hydrogen-bond donors (Lipinski definition) is 2. The van der Waals surface area contributed by atoms with Crippen molar-refractivity contribution in [1.82, 2.24) is 10.9 Å². The highest BCUT2D eigenvalue weighted by atomic mass is 16.3. The molecule has 1 heterocycles. The van der Waals surface area contributed by atoms with Gasteiger partial charge in [-0.3, -0.25) is 20.4 Å². The molecule has 0 fully saturated rings. The van der Waals surface area contributed by atoms with E-state index in [-0.39, 0.29) is 11.7 Å². The molecule has 2 N–H and O–H groups in total. The van der Waals surface area contributed by atoms with Gasteiger partial charge in [-0.25, -0.2) is 0 Å². The molecule has 0 bridgehead atoms. The molecule has 0 aliphatic rings. The molecule has 1 aromatic heterocycles. The van der Waals surface area contributed by atoms with Crippen LogP contribution in [-0.2, 0) is 0 Å². The lowest BCUT2D eigenvalue weighted by Gasteiger charge is -2.06. The summed E-state index contributed by atoms with van der Waals surface area (Å²) in [6.45, 7) is 0. The third-order valence-electron chi connectivity index (χ3n) is 3.05. The van der Waals surface area contributed by atoms with Gasteiger partial charge in [0, 0.05) is 5.56 Å². The van der Waals surface area contributed by atoms with E-state index in [1.807, 2.05) is 30.3 Å². The second-order valence-electron chi connectivity index (χ2n) is 4.45. The van der Waals surface area contributed by atoms with Gasteiger partial charge >= 0.3 is 5.91 Å². The maximum Gasteiger partial charge on any atom is 0.305 e. The first kappa shape index (κ1) is 12.9. The SMILES string of the molecule is O=C(NNC(=O)c1ccco1)c1ccc2ccccc2c1. The summed E-state index contributed by atoms with van der Waals surface area (Å²) >= 11 is 0. The fourth-order valence-corrected chi connectivity index (χ4v) is 1.99. The molecule has 0 radical (unpaired) electrons. The van der Waals surface area contributed by atoms with Gasteiger partial charge in [0.15, 0.2) is 5.76 Å². The summed E-state index contributed by atoms with van der Waals surface area (Å²) in [6, 6.07) is 16.2. The zero-order valence-electron chi connectivity index (χ0n) is 11.0. The average molecular weight is 280 g/mol. The molecule has 5 nitrogen and oxygen atoms in total. The summed E-state index contributed by atoms with van der Waals surface area (Å²) < 4.78 is 4.93. The number of carbonyl (C=O) groups is 2. The topological polar surface area (TPSA) is 71.3 Å². The molecular weight excluding hydrogens is 268 g/mol. The van der Waals surface area contributed by atoms with Gasteiger partial charge in [0.2, 0.25) is 0 Å². The summed E-state index contributed by atoms with van der Waals surface area (Å²) in [5.41, 5.74) is 5.12. The van der Waals surface area contributed by atoms with Crippen LogP contribution in [0.15, 0.2) is 65.3 Å². The van der Waals surface area contributed by atoms with Crippen LogP contribution in [0.4, 0.5) is 0 Å². The summed E-state index contributed by atoms with van der Waals surface area (Å²) in [6.07, 6.45) is 1.39. The molecule has 0 aliphatic heterocycles. The third kappa shape index (κ3) is 2.76. The van der Waals surface area contributed by atoms with E-state index in [1.165, 1.54) is 12.3 Å². The highest BCUT2D eigenvalue weighted by Crippen LogP contribution is 2.15. The first-order valence-electron chi connectivity index (χ1n) is 6.37. The van der Waals surface area contributed by atoms with Crippen LogP contribution < -0.4 is 10.9 Å². The van der Waals surface area contributed by atoms with E-state index in [0.29, 0.717) is 5.56 Å². The van der Waals surface area contributed by atoms with Crippen molar-refractivity contribution in [1.29, 1.82) is 0 Å². The molecule has 3 aromatic rings. The summed E-state index contributed by atoms with van der Waals surface area (Å²) in [5.74, 6) is -0.761. The Labute approximate surface area is 120 Å². The highest BCUT2D eigenvalue weighted by Gasteiger charge is 2.11. The van der Waals surface area contributed by atoms with E-state index in [0.717, 1.165) is 10.8 Å². The Kier molecular flexibility index (Phi) is 3.39. The van der Waals surface area contributed by atoms with Crippen LogP contribution >= 0.6 is 0 Å². The van der Waals surface area contributed by atoms with Crippen LogP contribution in [0.1, 0.15) is 20.9 Å². The molecule has 104 valence electrons. The summed E-state index contributed by atoms with van der Waals surface area (Å²) in [4.78, 5) is 23.6. The monoisotopic (exact) mass is 280 g/mol. The zero-order valence-corrected chi connectivity index (χ0v) is 11.0. The number of hydrazine groups is 1. The van der Waals surface area contributed by atoms with Crippen molar-refractivity contribution < 1.29 is 14.0 Å².